The molecule has 0 saturated carbocycles. The molecule has 0 fully saturated rings. The predicted octanol–water partition coefficient (Wildman–Crippen LogP) is 4.24. The summed E-state index contributed by atoms with van der Waals surface area (Å²) in [4.78, 5) is 12.1. The summed E-state index contributed by atoms with van der Waals surface area (Å²) in [5.74, 6) is 1.90. The Bertz CT molecular complexity index is 800. The summed E-state index contributed by atoms with van der Waals surface area (Å²) < 4.78 is 2.00. The van der Waals surface area contributed by atoms with E-state index in [-0.39, 0.29) is 5.78 Å². The van der Waals surface area contributed by atoms with Crippen LogP contribution in [0.3, 0.4) is 0 Å². The molecule has 0 atom stereocenters. The monoisotopic (exact) mass is 337 g/mol. The number of carbonyl (C=O) groups is 1. The van der Waals surface area contributed by atoms with Gasteiger partial charge >= 0.3 is 0 Å². The summed E-state index contributed by atoms with van der Waals surface area (Å²) >= 11 is 1.64. The molecule has 122 valence electrons. The summed E-state index contributed by atoms with van der Waals surface area (Å²) in [6.07, 6.45) is 1.38. The van der Waals surface area contributed by atoms with Gasteiger partial charge in [-0.3, -0.25) is 4.79 Å². The first-order chi connectivity index (χ1) is 11.8. The second-order valence-electron chi connectivity index (χ2n) is 5.47. The van der Waals surface area contributed by atoms with Gasteiger partial charge in [0.15, 0.2) is 16.8 Å². The lowest BCUT2D eigenvalue weighted by Gasteiger charge is -2.04. The van der Waals surface area contributed by atoms with Crippen molar-refractivity contribution in [1.29, 1.82) is 0 Å². The van der Waals surface area contributed by atoms with Crippen molar-refractivity contribution in [2.45, 2.75) is 18.0 Å². The highest BCUT2D eigenvalue weighted by Gasteiger charge is 2.11. The number of benzene rings is 2. The van der Waals surface area contributed by atoms with Gasteiger partial charge in [0.1, 0.15) is 0 Å². The van der Waals surface area contributed by atoms with E-state index >= 15 is 0 Å². The molecule has 0 bridgehead atoms. The van der Waals surface area contributed by atoms with Gasteiger partial charge in [0.05, 0.1) is 0 Å². The number of hydrogen-bond acceptors (Lipinski definition) is 4. The average Bonchev–Trinajstić information content (AvgIpc) is 3.00. The average molecular weight is 337 g/mol. The fourth-order valence-electron chi connectivity index (χ4n) is 2.44. The van der Waals surface area contributed by atoms with Crippen LogP contribution in [0.5, 0.6) is 0 Å². The predicted molar refractivity (Wildman–Crippen MR) is 97.2 cm³/mol. The van der Waals surface area contributed by atoms with E-state index < -0.39 is 0 Å². The molecule has 0 spiro atoms. The first-order valence-corrected chi connectivity index (χ1v) is 8.90. The summed E-state index contributed by atoms with van der Waals surface area (Å²) in [5, 5.41) is 9.41. The lowest BCUT2D eigenvalue weighted by molar-refractivity contribution is 0.0982. The Kier molecular flexibility index (Phi) is 5.43. The maximum Gasteiger partial charge on any atom is 0.191 e. The maximum atomic E-state index is 12.1. The Balaban J connectivity index is 1.53. The van der Waals surface area contributed by atoms with Gasteiger partial charge < -0.3 is 4.57 Å². The summed E-state index contributed by atoms with van der Waals surface area (Å²) in [7, 11) is 1.97. The summed E-state index contributed by atoms with van der Waals surface area (Å²) in [5.41, 5.74) is 1.84. The number of ketones is 1. The molecule has 0 amide bonds. The highest BCUT2D eigenvalue weighted by Crippen LogP contribution is 2.23. The van der Waals surface area contributed by atoms with E-state index in [1.807, 2.05) is 72.3 Å². The number of hydrogen-bond donors (Lipinski definition) is 0. The van der Waals surface area contributed by atoms with Crippen LogP contribution >= 0.6 is 11.8 Å². The Morgan fingerprint density at radius 1 is 1.00 bits per heavy atom. The number of rotatable bonds is 7. The van der Waals surface area contributed by atoms with E-state index in [2.05, 4.69) is 10.2 Å². The zero-order valence-corrected chi connectivity index (χ0v) is 14.4. The van der Waals surface area contributed by atoms with Gasteiger partial charge in [0, 0.05) is 30.3 Å². The van der Waals surface area contributed by atoms with E-state index in [0.717, 1.165) is 34.3 Å². The van der Waals surface area contributed by atoms with Crippen LogP contribution in [0.25, 0.3) is 11.4 Å². The van der Waals surface area contributed by atoms with E-state index in [0.29, 0.717) is 6.42 Å². The fourth-order valence-corrected chi connectivity index (χ4v) is 3.29. The third-order valence-corrected chi connectivity index (χ3v) is 4.85. The van der Waals surface area contributed by atoms with Gasteiger partial charge in [0.2, 0.25) is 0 Å². The van der Waals surface area contributed by atoms with Gasteiger partial charge in [0.25, 0.3) is 0 Å². The Labute approximate surface area is 145 Å². The summed E-state index contributed by atoms with van der Waals surface area (Å²) in [6.45, 7) is 0. The van der Waals surface area contributed by atoms with Crippen molar-refractivity contribution in [2.75, 3.05) is 5.75 Å². The third kappa shape index (κ3) is 3.92. The Hall–Kier alpha value is -2.40. The molecule has 0 aliphatic carbocycles. The minimum absolute atomic E-state index is 0.194. The number of thioether (sulfide) groups is 1. The number of nitrogens with zero attached hydrogens (tertiary/aromatic N) is 3. The normalized spacial score (nSPS) is 10.7. The molecule has 4 nitrogen and oxygen atoms in total. The lowest BCUT2D eigenvalue weighted by Crippen LogP contribution is -2.00. The Morgan fingerprint density at radius 3 is 2.38 bits per heavy atom. The van der Waals surface area contributed by atoms with Crippen molar-refractivity contribution < 1.29 is 4.79 Å². The summed E-state index contributed by atoms with van der Waals surface area (Å²) in [6, 6.07) is 19.5. The zero-order valence-electron chi connectivity index (χ0n) is 13.6. The number of aromatic nitrogens is 3. The van der Waals surface area contributed by atoms with Gasteiger partial charge in [-0.15, -0.1) is 10.2 Å². The third-order valence-electron chi connectivity index (χ3n) is 3.74. The quantitative estimate of drug-likeness (QED) is 0.368. The van der Waals surface area contributed by atoms with E-state index in [9.17, 15) is 4.79 Å². The fraction of sp³-hybridized carbons (Fsp3) is 0.211. The van der Waals surface area contributed by atoms with Gasteiger partial charge in [-0.05, 0) is 6.42 Å². The molecular formula is C19H19N3OS. The van der Waals surface area contributed by atoms with Crippen LogP contribution in [0.15, 0.2) is 65.8 Å². The minimum atomic E-state index is 0.194. The van der Waals surface area contributed by atoms with Crippen LogP contribution < -0.4 is 0 Å². The smallest absolute Gasteiger partial charge is 0.191 e. The van der Waals surface area contributed by atoms with Crippen molar-refractivity contribution in [3.05, 3.63) is 66.2 Å². The highest BCUT2D eigenvalue weighted by molar-refractivity contribution is 7.99. The first-order valence-electron chi connectivity index (χ1n) is 7.91. The molecule has 0 saturated heterocycles. The first kappa shape index (κ1) is 16.5. The van der Waals surface area contributed by atoms with Crippen molar-refractivity contribution in [3.8, 4) is 11.4 Å². The lowest BCUT2D eigenvalue weighted by atomic mass is 10.1. The number of Topliss-reactive ketones (excluding diaryl/α,β-unsaturated/α-hetero) is 1. The molecular weight excluding hydrogens is 318 g/mol. The van der Waals surface area contributed by atoms with Crippen LogP contribution in [0.2, 0.25) is 0 Å². The zero-order chi connectivity index (χ0) is 16.8. The van der Waals surface area contributed by atoms with Gasteiger partial charge in [-0.2, -0.15) is 0 Å². The standard InChI is InChI=1S/C19H19N3OS/c1-22-18(16-11-6-3-7-12-16)20-21-19(22)24-14-8-13-17(23)15-9-4-2-5-10-15/h2-7,9-12H,8,13-14H2,1H3. The molecule has 0 aliphatic rings. The second-order valence-corrected chi connectivity index (χ2v) is 6.53. The van der Waals surface area contributed by atoms with Crippen molar-refractivity contribution in [1.82, 2.24) is 14.8 Å². The van der Waals surface area contributed by atoms with Crippen molar-refractivity contribution >= 4 is 17.5 Å². The maximum absolute atomic E-state index is 12.1. The molecule has 2 aromatic carbocycles. The molecule has 0 radical (unpaired) electrons. The van der Waals surface area contributed by atoms with Crippen LogP contribution in [-0.4, -0.2) is 26.3 Å². The molecule has 3 aromatic rings. The molecule has 1 aromatic heterocycles. The molecule has 5 heteroatoms. The highest BCUT2D eigenvalue weighted by atomic mass is 32.2. The largest absolute Gasteiger partial charge is 0.305 e. The number of carbonyl (C=O) groups excluding carboxylic acids is 1. The molecule has 0 aliphatic heterocycles. The minimum Gasteiger partial charge on any atom is -0.305 e. The van der Waals surface area contributed by atoms with E-state index in [1.165, 1.54) is 0 Å². The molecule has 1 heterocycles. The molecule has 0 N–H and O–H groups in total. The molecule has 3 rings (SSSR count). The topological polar surface area (TPSA) is 47.8 Å². The van der Waals surface area contributed by atoms with Crippen molar-refractivity contribution in [2.24, 2.45) is 7.05 Å². The van der Waals surface area contributed by atoms with Gasteiger partial charge in [-0.1, -0.05) is 72.4 Å². The van der Waals surface area contributed by atoms with E-state index in [1.54, 1.807) is 11.8 Å². The Morgan fingerprint density at radius 2 is 1.67 bits per heavy atom. The molecule has 24 heavy (non-hydrogen) atoms. The van der Waals surface area contributed by atoms with E-state index in [4.69, 9.17) is 0 Å². The van der Waals surface area contributed by atoms with Crippen molar-refractivity contribution in [3.63, 3.8) is 0 Å². The SMILES string of the molecule is Cn1c(SCCCC(=O)c2ccccc2)nnc1-c1ccccc1. The van der Waals surface area contributed by atoms with Crippen LogP contribution in [0, 0.1) is 0 Å². The van der Waals surface area contributed by atoms with Crippen LogP contribution in [0.1, 0.15) is 23.2 Å². The molecule has 0 unspecified atom stereocenters. The van der Waals surface area contributed by atoms with Crippen LogP contribution in [-0.2, 0) is 7.05 Å². The van der Waals surface area contributed by atoms with Gasteiger partial charge in [-0.25, -0.2) is 0 Å². The van der Waals surface area contributed by atoms with Crippen LogP contribution in [0.4, 0.5) is 0 Å². The second kappa shape index (κ2) is 7.93.